The van der Waals surface area contributed by atoms with Crippen LogP contribution >= 0.6 is 0 Å². The van der Waals surface area contributed by atoms with Gasteiger partial charge in [-0.25, -0.2) is 0 Å². The predicted molar refractivity (Wildman–Crippen MR) is 272 cm³/mol. The first-order valence-electron chi connectivity index (χ1n) is 22.5. The summed E-state index contributed by atoms with van der Waals surface area (Å²) in [6.45, 7) is 4.70. The van der Waals surface area contributed by atoms with Crippen LogP contribution in [0.1, 0.15) is 25.0 Å². The van der Waals surface area contributed by atoms with Crippen molar-refractivity contribution in [2.75, 3.05) is 0 Å². The van der Waals surface area contributed by atoms with Gasteiger partial charge in [0.15, 0.2) is 0 Å². The van der Waals surface area contributed by atoms with Crippen LogP contribution in [0.5, 0.6) is 0 Å². The molecule has 14 rings (SSSR count). The molecule has 0 saturated carbocycles. The molecule has 65 heavy (non-hydrogen) atoms. The maximum atomic E-state index is 6.63. The van der Waals surface area contributed by atoms with Crippen LogP contribution < -0.4 is 0 Å². The lowest BCUT2D eigenvalue weighted by Gasteiger charge is -2.22. The van der Waals surface area contributed by atoms with E-state index in [4.69, 9.17) is 4.42 Å². The zero-order valence-electron chi connectivity index (χ0n) is 36.0. The topological polar surface area (TPSA) is 27.9 Å². The smallest absolute Gasteiger partial charge is 0.135 e. The minimum atomic E-state index is -0.128. The van der Waals surface area contributed by atoms with Gasteiger partial charge in [0.1, 0.15) is 11.2 Å². The lowest BCUT2D eigenvalue weighted by Crippen LogP contribution is -2.15. The lowest BCUT2D eigenvalue weighted by atomic mass is 9.82. The molecule has 0 N–H and O–H groups in total. The zero-order valence-corrected chi connectivity index (χ0v) is 36.0. The first kappa shape index (κ1) is 36.2. The number of para-hydroxylation sites is 1. The van der Waals surface area contributed by atoms with Gasteiger partial charge >= 0.3 is 0 Å². The molecule has 0 amide bonds. The number of rotatable bonds is 3. The van der Waals surface area contributed by atoms with Gasteiger partial charge in [-0.1, -0.05) is 129 Å². The van der Waals surface area contributed by atoms with Crippen LogP contribution in [0.3, 0.4) is 0 Å². The van der Waals surface area contributed by atoms with Crippen LogP contribution in [0.2, 0.25) is 0 Å². The van der Waals surface area contributed by atoms with Crippen molar-refractivity contribution in [3.05, 3.63) is 223 Å². The summed E-state index contributed by atoms with van der Waals surface area (Å²) in [5.41, 5.74) is 16.9. The standard InChI is InChI=1S/C61H41N3O/c1-61(2)54-21-7-5-19-48(54)49-28-24-45(36-55(49)61)62-41-16-9-14-39(32-41)40-15-10-17-42(33-40)63(44-27-31-60-53(35-44)52-34-43(62)26-30-59(52)65-60)46-25-29-51-50-20-6-8-22-57(50)64(58(51)37-46)56-23-11-13-38-12-3-4-18-47(38)56/h3-37H,1-2H3. The van der Waals surface area contributed by atoms with Gasteiger partial charge in [0.05, 0.1) is 16.7 Å². The molecule has 0 aliphatic heterocycles. The van der Waals surface area contributed by atoms with Crippen LogP contribution in [0.15, 0.2) is 217 Å². The maximum absolute atomic E-state index is 6.63. The third-order valence-electron chi connectivity index (χ3n) is 14.2. The Hall–Kier alpha value is -8.34. The van der Waals surface area contributed by atoms with Gasteiger partial charge in [0.25, 0.3) is 0 Å². The van der Waals surface area contributed by atoms with Crippen LogP contribution in [0.4, 0.5) is 0 Å². The summed E-state index contributed by atoms with van der Waals surface area (Å²) in [7, 11) is 0. The van der Waals surface area contributed by atoms with E-state index in [1.165, 1.54) is 55.0 Å². The molecule has 0 radical (unpaired) electrons. The molecule has 0 atom stereocenters. The molecule has 0 unspecified atom stereocenters. The fourth-order valence-corrected chi connectivity index (χ4v) is 11.2. The molecule has 0 fully saturated rings. The highest BCUT2D eigenvalue weighted by atomic mass is 16.3. The number of nitrogens with zero attached hydrogens (tertiary/aromatic N) is 3. The van der Waals surface area contributed by atoms with E-state index in [0.717, 1.165) is 71.7 Å². The van der Waals surface area contributed by atoms with Crippen molar-refractivity contribution in [1.29, 1.82) is 0 Å². The average molecular weight is 832 g/mol. The van der Waals surface area contributed by atoms with E-state index in [-0.39, 0.29) is 5.41 Å². The fraction of sp³-hybridized carbons (Fsp3) is 0.0492. The summed E-state index contributed by atoms with van der Waals surface area (Å²) in [5.74, 6) is 0. The van der Waals surface area contributed by atoms with Gasteiger partial charge in [0, 0.05) is 65.8 Å². The van der Waals surface area contributed by atoms with Crippen LogP contribution in [-0.4, -0.2) is 13.7 Å². The van der Waals surface area contributed by atoms with E-state index in [1.54, 1.807) is 0 Å². The van der Waals surface area contributed by atoms with Crippen molar-refractivity contribution in [2.45, 2.75) is 19.3 Å². The van der Waals surface area contributed by atoms with Gasteiger partial charge in [-0.05, 0) is 135 Å². The summed E-state index contributed by atoms with van der Waals surface area (Å²) in [5, 5.41) is 9.32. The molecule has 4 nitrogen and oxygen atoms in total. The van der Waals surface area contributed by atoms with Crippen LogP contribution in [-0.2, 0) is 5.41 Å². The zero-order chi connectivity index (χ0) is 43.0. The number of hydrogen-bond donors (Lipinski definition) is 0. The number of aromatic nitrogens is 3. The Labute approximate surface area is 374 Å². The summed E-state index contributed by atoms with van der Waals surface area (Å²) >= 11 is 0. The number of hydrogen-bond acceptors (Lipinski definition) is 1. The van der Waals surface area contributed by atoms with Crippen molar-refractivity contribution in [1.82, 2.24) is 13.7 Å². The maximum Gasteiger partial charge on any atom is 0.135 e. The molecule has 0 saturated heterocycles. The third kappa shape index (κ3) is 5.25. The highest BCUT2D eigenvalue weighted by Gasteiger charge is 2.35. The number of benzene rings is 10. The molecule has 10 aromatic carbocycles. The second kappa shape index (κ2) is 13.3. The van der Waals surface area contributed by atoms with E-state index in [9.17, 15) is 0 Å². The Bertz CT molecular complexity index is 4220. The van der Waals surface area contributed by atoms with Crippen molar-refractivity contribution >= 4 is 87.4 Å². The fourth-order valence-electron chi connectivity index (χ4n) is 11.2. The second-order valence-corrected chi connectivity index (χ2v) is 18.2. The molecule has 3 heterocycles. The largest absolute Gasteiger partial charge is 0.456 e. The van der Waals surface area contributed by atoms with E-state index < -0.39 is 0 Å². The first-order chi connectivity index (χ1) is 32.0. The lowest BCUT2D eigenvalue weighted by molar-refractivity contribution is 0.660. The summed E-state index contributed by atoms with van der Waals surface area (Å²) in [6.07, 6.45) is 0. The van der Waals surface area contributed by atoms with Gasteiger partial charge < -0.3 is 18.1 Å². The Morgan fingerprint density at radius 1 is 0.338 bits per heavy atom. The highest BCUT2D eigenvalue weighted by Crippen LogP contribution is 2.49. The Balaban J connectivity index is 1.07. The SMILES string of the molecule is CC1(C)c2ccccc2-c2ccc(-n3c4cccc(c4)c4cccc(c4)n(-c4ccc5c6ccccc6n(-c6cccc7ccccc67)c5c4)c4ccc5oc6ccc3cc6c5c4)cc21. The van der Waals surface area contributed by atoms with E-state index in [2.05, 4.69) is 240 Å². The normalized spacial score (nSPS) is 13.2. The van der Waals surface area contributed by atoms with Crippen molar-refractivity contribution in [2.24, 2.45) is 0 Å². The molecule has 0 spiro atoms. The molecule has 13 aromatic rings. The Morgan fingerprint density at radius 3 is 1.65 bits per heavy atom. The van der Waals surface area contributed by atoms with Gasteiger partial charge in [-0.15, -0.1) is 0 Å². The molecule has 306 valence electrons. The second-order valence-electron chi connectivity index (χ2n) is 18.2. The minimum Gasteiger partial charge on any atom is -0.456 e. The summed E-state index contributed by atoms with van der Waals surface area (Å²) < 4.78 is 13.9. The highest BCUT2D eigenvalue weighted by molar-refractivity contribution is 6.12. The minimum absolute atomic E-state index is 0.128. The van der Waals surface area contributed by atoms with Gasteiger partial charge in [0.2, 0.25) is 0 Å². The van der Waals surface area contributed by atoms with Gasteiger partial charge in [-0.3, -0.25) is 0 Å². The quantitative estimate of drug-likeness (QED) is 0.174. The number of furan rings is 1. The predicted octanol–water partition coefficient (Wildman–Crippen LogP) is 16.3. The monoisotopic (exact) mass is 831 g/mol. The van der Waals surface area contributed by atoms with Crippen LogP contribution in [0.25, 0.3) is 116 Å². The van der Waals surface area contributed by atoms with Crippen molar-refractivity contribution in [3.63, 3.8) is 0 Å². The molecular formula is C61H41N3O. The first-order valence-corrected chi connectivity index (χ1v) is 22.5. The molecule has 4 heteroatoms. The number of fused-ring (bicyclic) bond motifs is 14. The Kier molecular flexibility index (Phi) is 7.42. The summed E-state index contributed by atoms with van der Waals surface area (Å²) in [6, 6.07) is 78.2. The molecular weight excluding hydrogens is 791 g/mol. The van der Waals surface area contributed by atoms with Gasteiger partial charge in [-0.2, -0.15) is 0 Å². The molecule has 8 bridgehead atoms. The molecule has 1 aliphatic rings. The molecule has 1 aliphatic carbocycles. The van der Waals surface area contributed by atoms with E-state index in [1.807, 2.05) is 0 Å². The van der Waals surface area contributed by atoms with Crippen molar-refractivity contribution in [3.8, 4) is 28.2 Å². The molecule has 3 aromatic heterocycles. The third-order valence-corrected chi connectivity index (χ3v) is 14.2. The van der Waals surface area contributed by atoms with Crippen LogP contribution in [0, 0.1) is 0 Å². The van der Waals surface area contributed by atoms with E-state index >= 15 is 0 Å². The summed E-state index contributed by atoms with van der Waals surface area (Å²) in [4.78, 5) is 0. The Morgan fingerprint density at radius 2 is 0.892 bits per heavy atom. The average Bonchev–Trinajstić information content (AvgIpc) is 3.96. The van der Waals surface area contributed by atoms with Crippen molar-refractivity contribution < 1.29 is 4.42 Å². The van der Waals surface area contributed by atoms with E-state index in [0.29, 0.717) is 0 Å².